The van der Waals surface area contributed by atoms with Gasteiger partial charge in [0.2, 0.25) is 10.0 Å². The Labute approximate surface area is 188 Å². The third-order valence-electron chi connectivity index (χ3n) is 5.58. The number of rotatable bonds is 7. The van der Waals surface area contributed by atoms with E-state index in [-0.39, 0.29) is 0 Å². The highest BCUT2D eigenvalue weighted by Gasteiger charge is 2.30. The van der Waals surface area contributed by atoms with Crippen molar-refractivity contribution < 1.29 is 13.2 Å². The average Bonchev–Trinajstić information content (AvgIpc) is 3.24. The van der Waals surface area contributed by atoms with Crippen LogP contribution >= 0.6 is 0 Å². The second kappa shape index (κ2) is 9.35. The molecule has 1 aliphatic rings. The van der Waals surface area contributed by atoms with Crippen LogP contribution < -0.4 is 4.74 Å². The fraction of sp³-hybridized carbons (Fsp3) is 0.409. The van der Waals surface area contributed by atoms with E-state index in [0.29, 0.717) is 50.1 Å². The van der Waals surface area contributed by atoms with Crippen LogP contribution in [0, 0.1) is 13.8 Å². The first-order valence-electron chi connectivity index (χ1n) is 10.7. The van der Waals surface area contributed by atoms with Crippen molar-refractivity contribution in [3.63, 3.8) is 0 Å². The lowest BCUT2D eigenvalue weighted by Gasteiger charge is -2.33. The van der Waals surface area contributed by atoms with Gasteiger partial charge in [-0.1, -0.05) is 12.1 Å². The van der Waals surface area contributed by atoms with E-state index in [1.165, 1.54) is 0 Å². The predicted octanol–water partition coefficient (Wildman–Crippen LogP) is 2.18. The van der Waals surface area contributed by atoms with Gasteiger partial charge in [0.05, 0.1) is 23.7 Å². The lowest BCUT2D eigenvalue weighted by Crippen LogP contribution is -2.48. The molecule has 170 valence electrons. The molecule has 10 heteroatoms. The van der Waals surface area contributed by atoms with Crippen molar-refractivity contribution in [2.24, 2.45) is 0 Å². The third-order valence-corrected chi connectivity index (χ3v) is 7.62. The van der Waals surface area contributed by atoms with E-state index in [2.05, 4.69) is 20.4 Å². The van der Waals surface area contributed by atoms with E-state index in [1.807, 2.05) is 57.2 Å². The first-order valence-corrected chi connectivity index (χ1v) is 12.1. The zero-order valence-electron chi connectivity index (χ0n) is 18.6. The summed E-state index contributed by atoms with van der Waals surface area (Å²) in [4.78, 5) is 2.57. The molecule has 1 fully saturated rings. The molecule has 0 saturated carbocycles. The summed E-state index contributed by atoms with van der Waals surface area (Å²) in [6.45, 7) is 8.92. The van der Waals surface area contributed by atoms with E-state index in [0.717, 1.165) is 22.6 Å². The average molecular weight is 457 g/mol. The fourth-order valence-corrected chi connectivity index (χ4v) is 5.54. The molecule has 0 N–H and O–H groups in total. The number of nitrogens with zero attached hydrogens (tertiary/aromatic N) is 6. The lowest BCUT2D eigenvalue weighted by molar-refractivity contribution is 0.177. The summed E-state index contributed by atoms with van der Waals surface area (Å²) in [6, 6.07) is 13.2. The number of aryl methyl sites for hydroxylation is 2. The summed E-state index contributed by atoms with van der Waals surface area (Å²) in [5, 5.41) is 12.1. The molecule has 0 unspecified atom stereocenters. The van der Waals surface area contributed by atoms with Crippen molar-refractivity contribution in [2.45, 2.75) is 32.2 Å². The number of benzene rings is 2. The standard InChI is InChI=1S/C22H28N6O3S/c1-4-31-20-9-7-19(8-10-20)28-22(23-24-25-28)16-26-11-13-27(14-12-26)32(29,30)21-15-17(2)5-6-18(21)3/h5-10,15H,4,11-14,16H2,1-3H3. The second-order valence-electron chi connectivity index (χ2n) is 7.88. The van der Waals surface area contributed by atoms with Gasteiger partial charge in [0.15, 0.2) is 5.82 Å². The van der Waals surface area contributed by atoms with Crippen molar-refractivity contribution >= 4 is 10.0 Å². The molecule has 1 saturated heterocycles. The Bertz CT molecular complexity index is 1170. The Morgan fingerprint density at radius 3 is 2.41 bits per heavy atom. The summed E-state index contributed by atoms with van der Waals surface area (Å²) in [7, 11) is -3.51. The Kier molecular flexibility index (Phi) is 6.54. The van der Waals surface area contributed by atoms with Gasteiger partial charge >= 0.3 is 0 Å². The first kappa shape index (κ1) is 22.4. The Morgan fingerprint density at radius 1 is 1.00 bits per heavy atom. The molecule has 4 rings (SSSR count). The smallest absolute Gasteiger partial charge is 0.243 e. The van der Waals surface area contributed by atoms with Crippen LogP contribution in [0.4, 0.5) is 0 Å². The number of ether oxygens (including phenoxy) is 1. The quantitative estimate of drug-likeness (QED) is 0.538. The van der Waals surface area contributed by atoms with Crippen LogP contribution in [0.5, 0.6) is 5.75 Å². The normalized spacial score (nSPS) is 15.7. The number of tetrazole rings is 1. The summed E-state index contributed by atoms with van der Waals surface area (Å²) in [5.41, 5.74) is 2.56. The monoisotopic (exact) mass is 456 g/mol. The molecule has 0 radical (unpaired) electrons. The molecule has 0 atom stereocenters. The Balaban J connectivity index is 1.42. The van der Waals surface area contributed by atoms with E-state index in [1.54, 1.807) is 15.1 Å². The largest absolute Gasteiger partial charge is 0.494 e. The molecule has 32 heavy (non-hydrogen) atoms. The second-order valence-corrected chi connectivity index (χ2v) is 9.79. The topological polar surface area (TPSA) is 93.4 Å². The van der Waals surface area contributed by atoms with Crippen molar-refractivity contribution in [1.82, 2.24) is 29.4 Å². The van der Waals surface area contributed by atoms with Gasteiger partial charge < -0.3 is 4.74 Å². The van der Waals surface area contributed by atoms with Crippen molar-refractivity contribution in [3.05, 3.63) is 59.4 Å². The SMILES string of the molecule is CCOc1ccc(-n2nnnc2CN2CCN(S(=O)(=O)c3cc(C)ccc3C)CC2)cc1. The van der Waals surface area contributed by atoms with Crippen LogP contribution in [0.3, 0.4) is 0 Å². The van der Waals surface area contributed by atoms with E-state index in [4.69, 9.17) is 4.74 Å². The molecule has 2 heterocycles. The van der Waals surface area contributed by atoms with Crippen LogP contribution in [0.1, 0.15) is 23.9 Å². The predicted molar refractivity (Wildman–Crippen MR) is 120 cm³/mol. The maximum absolute atomic E-state index is 13.2. The molecule has 1 aromatic heterocycles. The highest BCUT2D eigenvalue weighted by Crippen LogP contribution is 2.23. The molecule has 1 aliphatic heterocycles. The highest BCUT2D eigenvalue weighted by atomic mass is 32.2. The minimum absolute atomic E-state index is 0.394. The molecule has 0 aliphatic carbocycles. The molecule has 0 spiro atoms. The van der Waals surface area contributed by atoms with Gasteiger partial charge in [-0.3, -0.25) is 4.90 Å². The van der Waals surface area contributed by atoms with Crippen LogP contribution in [-0.4, -0.2) is 70.6 Å². The molecule has 0 amide bonds. The van der Waals surface area contributed by atoms with Crippen LogP contribution in [0.2, 0.25) is 0 Å². The van der Waals surface area contributed by atoms with E-state index in [9.17, 15) is 8.42 Å². The van der Waals surface area contributed by atoms with Crippen LogP contribution in [0.25, 0.3) is 5.69 Å². The van der Waals surface area contributed by atoms with Gasteiger partial charge in [-0.2, -0.15) is 8.99 Å². The van der Waals surface area contributed by atoms with Gasteiger partial charge in [-0.05, 0) is 72.7 Å². The molecule has 0 bridgehead atoms. The third kappa shape index (κ3) is 4.67. The Morgan fingerprint density at radius 2 is 1.72 bits per heavy atom. The summed E-state index contributed by atoms with van der Waals surface area (Å²) in [6.07, 6.45) is 0. The van der Waals surface area contributed by atoms with Gasteiger partial charge in [-0.25, -0.2) is 8.42 Å². The highest BCUT2D eigenvalue weighted by molar-refractivity contribution is 7.89. The number of sulfonamides is 1. The minimum Gasteiger partial charge on any atom is -0.494 e. The lowest BCUT2D eigenvalue weighted by atomic mass is 10.2. The Hall–Kier alpha value is -2.82. The van der Waals surface area contributed by atoms with Crippen LogP contribution in [0.15, 0.2) is 47.4 Å². The van der Waals surface area contributed by atoms with E-state index >= 15 is 0 Å². The zero-order valence-corrected chi connectivity index (χ0v) is 19.4. The van der Waals surface area contributed by atoms with Crippen molar-refractivity contribution in [3.8, 4) is 11.4 Å². The summed E-state index contributed by atoms with van der Waals surface area (Å²) < 4.78 is 35.1. The molecule has 9 nitrogen and oxygen atoms in total. The maximum atomic E-state index is 13.2. The number of hydrogen-bond donors (Lipinski definition) is 0. The summed E-state index contributed by atoms with van der Waals surface area (Å²) in [5.74, 6) is 1.51. The molecular weight excluding hydrogens is 428 g/mol. The van der Waals surface area contributed by atoms with Gasteiger partial charge in [0.25, 0.3) is 0 Å². The maximum Gasteiger partial charge on any atom is 0.243 e. The van der Waals surface area contributed by atoms with Gasteiger partial charge in [0, 0.05) is 26.2 Å². The minimum atomic E-state index is -3.51. The van der Waals surface area contributed by atoms with Gasteiger partial charge in [0.1, 0.15) is 5.75 Å². The molecule has 2 aromatic carbocycles. The first-order chi connectivity index (χ1) is 15.4. The number of piperazine rings is 1. The molecule has 3 aromatic rings. The van der Waals surface area contributed by atoms with Crippen LogP contribution in [-0.2, 0) is 16.6 Å². The number of hydrogen-bond acceptors (Lipinski definition) is 7. The van der Waals surface area contributed by atoms with Crippen molar-refractivity contribution in [1.29, 1.82) is 0 Å². The fourth-order valence-electron chi connectivity index (χ4n) is 3.81. The van der Waals surface area contributed by atoms with E-state index < -0.39 is 10.0 Å². The number of aromatic nitrogens is 4. The zero-order chi connectivity index (χ0) is 22.7. The molecular formula is C22H28N6O3S. The van der Waals surface area contributed by atoms with Gasteiger partial charge in [-0.15, -0.1) is 5.10 Å². The van der Waals surface area contributed by atoms with Crippen molar-refractivity contribution in [2.75, 3.05) is 32.8 Å². The summed E-state index contributed by atoms with van der Waals surface area (Å²) >= 11 is 0.